The molecule has 0 spiro atoms. The van der Waals surface area contributed by atoms with Gasteiger partial charge in [0, 0.05) is 42.2 Å². The van der Waals surface area contributed by atoms with Crippen LogP contribution in [0.15, 0.2) is 48.9 Å². The van der Waals surface area contributed by atoms with Gasteiger partial charge in [-0.1, -0.05) is 18.5 Å². The Morgan fingerprint density at radius 3 is 2.62 bits per heavy atom. The van der Waals surface area contributed by atoms with E-state index in [1.807, 2.05) is 19.1 Å². The first-order valence-corrected chi connectivity index (χ1v) is 12.4. The van der Waals surface area contributed by atoms with Crippen molar-refractivity contribution in [1.82, 2.24) is 19.7 Å². The number of anilines is 2. The molecule has 0 atom stereocenters. The number of aryl methyl sites for hydroxylation is 1. The van der Waals surface area contributed by atoms with Crippen LogP contribution in [0.5, 0.6) is 0 Å². The summed E-state index contributed by atoms with van der Waals surface area (Å²) >= 11 is 5.70. The smallest absolute Gasteiger partial charge is 0.251 e. The molecular weight excluding hydrogens is 498 g/mol. The number of carbonyl (C=O) groups excluding carboxylic acids is 1. The quantitative estimate of drug-likeness (QED) is 0.172. The minimum Gasteiger partial charge on any atom is -0.352 e. The first-order valence-electron chi connectivity index (χ1n) is 12.0. The summed E-state index contributed by atoms with van der Waals surface area (Å²) < 4.78 is 31.1. The molecule has 1 amide bonds. The molecule has 2 aromatic carbocycles. The van der Waals surface area contributed by atoms with Crippen LogP contribution in [0.1, 0.15) is 29.3 Å². The van der Waals surface area contributed by atoms with Gasteiger partial charge >= 0.3 is 0 Å². The van der Waals surface area contributed by atoms with Crippen LogP contribution in [0.25, 0.3) is 16.9 Å². The maximum atomic E-state index is 14.6. The van der Waals surface area contributed by atoms with E-state index in [1.54, 1.807) is 22.9 Å². The molecule has 0 radical (unpaired) electrons. The van der Waals surface area contributed by atoms with Crippen LogP contribution in [0, 0.1) is 11.6 Å². The fourth-order valence-electron chi connectivity index (χ4n) is 4.10. The fraction of sp³-hybridized carbons (Fsp3) is 0.296. The summed E-state index contributed by atoms with van der Waals surface area (Å²) in [6, 6.07) is 8.23. The number of fused-ring (bicyclic) bond motifs is 1. The Balaban J connectivity index is 1.56. The predicted octanol–water partition coefficient (Wildman–Crippen LogP) is 5.46. The minimum absolute atomic E-state index is 0.0385. The normalized spacial score (nSPS) is 11.6. The number of nitrogens with one attached hydrogen (secondary N) is 2. The SMILES string of the molecule is CCc1cc(Nc2nccn3c(-c4ccc(Cl)c(F)c4F)cnc23)ccc1C(=O)NCCC[N+](C)(C)C. The third kappa shape index (κ3) is 5.89. The van der Waals surface area contributed by atoms with Gasteiger partial charge in [0.15, 0.2) is 23.1 Å². The van der Waals surface area contributed by atoms with Gasteiger partial charge in [-0.3, -0.25) is 9.20 Å². The number of nitrogens with zero attached hydrogens (tertiary/aromatic N) is 4. The van der Waals surface area contributed by atoms with Crippen LogP contribution in [-0.4, -0.2) is 59.0 Å². The van der Waals surface area contributed by atoms with Crippen LogP contribution >= 0.6 is 11.6 Å². The van der Waals surface area contributed by atoms with Crippen molar-refractivity contribution in [2.24, 2.45) is 0 Å². The predicted molar refractivity (Wildman–Crippen MR) is 142 cm³/mol. The second-order valence-corrected chi connectivity index (χ2v) is 10.2. The standard InChI is InChI=1S/C27H29ClF2N6O/c1-5-17-15-18(7-8-19(17)27(37)32-11-6-14-36(2,3)4)34-25-26-33-16-22(35(26)13-12-31-25)20-9-10-21(28)24(30)23(20)29/h7-10,12-13,15-16H,5-6,11,14H2,1-4H3,(H-,31,32,34,37)/p+1. The molecule has 2 N–H and O–H groups in total. The Kier molecular flexibility index (Phi) is 7.75. The van der Waals surface area contributed by atoms with Gasteiger partial charge in [0.05, 0.1) is 44.6 Å². The van der Waals surface area contributed by atoms with Crippen LogP contribution < -0.4 is 10.6 Å². The number of halogens is 3. The van der Waals surface area contributed by atoms with E-state index in [0.717, 1.165) is 28.7 Å². The van der Waals surface area contributed by atoms with Gasteiger partial charge in [0.2, 0.25) is 0 Å². The number of carbonyl (C=O) groups is 1. The summed E-state index contributed by atoms with van der Waals surface area (Å²) in [7, 11) is 6.37. The van der Waals surface area contributed by atoms with E-state index in [2.05, 4.69) is 41.7 Å². The molecule has 4 rings (SSSR count). The number of hydrogen-bond acceptors (Lipinski definition) is 4. The lowest BCUT2D eigenvalue weighted by Crippen LogP contribution is -2.37. The Morgan fingerprint density at radius 1 is 1.11 bits per heavy atom. The highest BCUT2D eigenvalue weighted by Crippen LogP contribution is 2.31. The molecule has 2 aromatic heterocycles. The summed E-state index contributed by atoms with van der Waals surface area (Å²) in [6.07, 6.45) is 6.19. The largest absolute Gasteiger partial charge is 0.352 e. The van der Waals surface area contributed by atoms with Crippen LogP contribution in [-0.2, 0) is 6.42 Å². The second kappa shape index (κ2) is 10.8. The van der Waals surface area contributed by atoms with Crippen molar-refractivity contribution in [3.8, 4) is 11.3 Å². The second-order valence-electron chi connectivity index (χ2n) is 9.81. The highest BCUT2D eigenvalue weighted by molar-refractivity contribution is 6.30. The molecule has 0 saturated heterocycles. The molecule has 0 aliphatic rings. The van der Waals surface area contributed by atoms with E-state index < -0.39 is 11.6 Å². The molecule has 0 aliphatic heterocycles. The first kappa shape index (κ1) is 26.5. The molecule has 10 heteroatoms. The Labute approximate surface area is 219 Å². The zero-order valence-electron chi connectivity index (χ0n) is 21.3. The lowest BCUT2D eigenvalue weighted by molar-refractivity contribution is -0.870. The monoisotopic (exact) mass is 527 g/mol. The molecule has 0 unspecified atom stereocenters. The molecule has 0 saturated carbocycles. The summed E-state index contributed by atoms with van der Waals surface area (Å²) in [5.41, 5.74) is 3.09. The summed E-state index contributed by atoms with van der Waals surface area (Å²) in [5.74, 6) is -1.81. The van der Waals surface area contributed by atoms with Crippen molar-refractivity contribution < 1.29 is 18.1 Å². The molecule has 7 nitrogen and oxygen atoms in total. The Hall–Kier alpha value is -3.56. The fourth-order valence-corrected chi connectivity index (χ4v) is 4.25. The van der Waals surface area contributed by atoms with E-state index in [1.165, 1.54) is 18.3 Å². The number of benzene rings is 2. The van der Waals surface area contributed by atoms with Gasteiger partial charge in [-0.2, -0.15) is 0 Å². The lowest BCUT2D eigenvalue weighted by atomic mass is 10.0. The Bertz CT molecular complexity index is 1450. The van der Waals surface area contributed by atoms with E-state index in [4.69, 9.17) is 11.6 Å². The molecule has 0 bridgehead atoms. The van der Waals surface area contributed by atoms with Gasteiger partial charge < -0.3 is 15.1 Å². The lowest BCUT2D eigenvalue weighted by Gasteiger charge is -2.23. The summed E-state index contributed by atoms with van der Waals surface area (Å²) in [4.78, 5) is 21.5. The van der Waals surface area contributed by atoms with E-state index in [-0.39, 0.29) is 16.5 Å². The van der Waals surface area contributed by atoms with Gasteiger partial charge in [0.1, 0.15) is 0 Å². The zero-order valence-corrected chi connectivity index (χ0v) is 22.0. The third-order valence-corrected chi connectivity index (χ3v) is 6.32. The summed E-state index contributed by atoms with van der Waals surface area (Å²) in [5, 5.41) is 5.96. The highest BCUT2D eigenvalue weighted by atomic mass is 35.5. The number of rotatable bonds is 9. The van der Waals surface area contributed by atoms with E-state index in [9.17, 15) is 13.6 Å². The average Bonchev–Trinajstić information content (AvgIpc) is 3.29. The number of aromatic nitrogens is 3. The molecular formula is C27H30ClF2N6O+. The Morgan fingerprint density at radius 2 is 1.89 bits per heavy atom. The van der Waals surface area contributed by atoms with Crippen LogP contribution in [0.2, 0.25) is 5.02 Å². The molecule has 2 heterocycles. The highest BCUT2D eigenvalue weighted by Gasteiger charge is 2.18. The van der Waals surface area contributed by atoms with Crippen molar-refractivity contribution in [2.75, 3.05) is 39.5 Å². The molecule has 37 heavy (non-hydrogen) atoms. The third-order valence-electron chi connectivity index (χ3n) is 6.02. The maximum absolute atomic E-state index is 14.6. The van der Waals surface area contributed by atoms with Crippen molar-refractivity contribution in [3.63, 3.8) is 0 Å². The average molecular weight is 528 g/mol. The summed E-state index contributed by atoms with van der Waals surface area (Å²) in [6.45, 7) is 3.58. The topological polar surface area (TPSA) is 71.3 Å². The number of hydrogen-bond donors (Lipinski definition) is 2. The molecule has 194 valence electrons. The van der Waals surface area contributed by atoms with Crippen LogP contribution in [0.4, 0.5) is 20.3 Å². The molecule has 0 fully saturated rings. The van der Waals surface area contributed by atoms with E-state index in [0.29, 0.717) is 35.7 Å². The number of amides is 1. The van der Waals surface area contributed by atoms with Crippen molar-refractivity contribution in [3.05, 3.63) is 76.7 Å². The minimum atomic E-state index is -1.11. The van der Waals surface area contributed by atoms with Gasteiger partial charge in [0.25, 0.3) is 5.91 Å². The zero-order chi connectivity index (χ0) is 26.7. The van der Waals surface area contributed by atoms with Crippen molar-refractivity contribution >= 4 is 34.7 Å². The molecule has 4 aromatic rings. The maximum Gasteiger partial charge on any atom is 0.251 e. The van der Waals surface area contributed by atoms with Crippen LogP contribution in [0.3, 0.4) is 0 Å². The van der Waals surface area contributed by atoms with Crippen molar-refractivity contribution in [1.29, 1.82) is 0 Å². The number of quaternary nitrogens is 1. The number of imidazole rings is 1. The molecule has 0 aliphatic carbocycles. The first-order chi connectivity index (χ1) is 17.6. The van der Waals surface area contributed by atoms with E-state index >= 15 is 0 Å². The van der Waals surface area contributed by atoms with Gasteiger partial charge in [-0.25, -0.2) is 18.7 Å². The van der Waals surface area contributed by atoms with Crippen molar-refractivity contribution in [2.45, 2.75) is 19.8 Å². The van der Waals surface area contributed by atoms with Gasteiger partial charge in [-0.05, 0) is 42.3 Å². The van der Waals surface area contributed by atoms with Gasteiger partial charge in [-0.15, -0.1) is 0 Å².